The predicted octanol–water partition coefficient (Wildman–Crippen LogP) is 0.631. The molecular weight excluding hydrogens is 332 g/mol. The zero-order valence-corrected chi connectivity index (χ0v) is 14.5. The highest BCUT2D eigenvalue weighted by Gasteiger charge is 2.33. The minimum absolute atomic E-state index is 0.0487. The van der Waals surface area contributed by atoms with Gasteiger partial charge in [0, 0.05) is 17.5 Å². The van der Waals surface area contributed by atoms with Crippen LogP contribution in [0.2, 0.25) is 0 Å². The van der Waals surface area contributed by atoms with Crippen LogP contribution in [0, 0.1) is 6.92 Å². The molecule has 21 heavy (non-hydrogen) atoms. The summed E-state index contributed by atoms with van der Waals surface area (Å²) in [5, 5.41) is 4.93. The maximum atomic E-state index is 12.5. The molecule has 1 saturated heterocycles. The first-order valence-corrected chi connectivity index (χ1v) is 10.9. The van der Waals surface area contributed by atoms with Gasteiger partial charge in [0.25, 0.3) is 0 Å². The molecule has 9 heteroatoms. The van der Waals surface area contributed by atoms with Gasteiger partial charge in [-0.3, -0.25) is 0 Å². The van der Waals surface area contributed by atoms with Gasteiger partial charge in [-0.15, -0.1) is 11.3 Å². The fourth-order valence-corrected chi connectivity index (χ4v) is 7.20. The Balaban J connectivity index is 2.22. The predicted molar refractivity (Wildman–Crippen MR) is 83.8 cm³/mol. The molecule has 0 amide bonds. The topological polar surface area (TPSA) is 92.3 Å². The number of sulfone groups is 1. The van der Waals surface area contributed by atoms with E-state index in [0.29, 0.717) is 18.5 Å². The number of thiophene rings is 1. The van der Waals surface area contributed by atoms with Crippen LogP contribution in [-0.2, 0) is 26.4 Å². The van der Waals surface area contributed by atoms with Gasteiger partial charge in [-0.25, -0.2) is 21.6 Å². The summed E-state index contributed by atoms with van der Waals surface area (Å²) in [7, 11) is -6.79. The zero-order valence-electron chi connectivity index (χ0n) is 12.0. The van der Waals surface area contributed by atoms with E-state index in [0.717, 1.165) is 11.4 Å². The van der Waals surface area contributed by atoms with Gasteiger partial charge < -0.3 is 5.32 Å². The van der Waals surface area contributed by atoms with Gasteiger partial charge >= 0.3 is 0 Å². The number of aryl methyl sites for hydroxylation is 1. The van der Waals surface area contributed by atoms with E-state index in [-0.39, 0.29) is 16.4 Å². The molecule has 0 bridgehead atoms. The Bertz CT molecular complexity index is 707. The maximum Gasteiger partial charge on any atom is 0.242 e. The molecule has 1 fully saturated rings. The highest BCUT2D eigenvalue weighted by atomic mass is 32.2. The van der Waals surface area contributed by atoms with Gasteiger partial charge in [0.05, 0.1) is 11.5 Å². The standard InChI is InChI=1S/C12H20N2O4S3/c1-3-13-6-11-12(9(2)7-19-11)21(17,18)14-10-4-5-20(15,16)8-10/h7,10,13-14H,3-6,8H2,1-2H3. The number of hydrogen-bond acceptors (Lipinski definition) is 6. The van der Waals surface area contributed by atoms with Gasteiger partial charge in [0.2, 0.25) is 10.0 Å². The summed E-state index contributed by atoms with van der Waals surface area (Å²) in [5.74, 6) is -0.0645. The molecule has 1 unspecified atom stereocenters. The molecule has 120 valence electrons. The molecule has 0 radical (unpaired) electrons. The lowest BCUT2D eigenvalue weighted by atomic mass is 10.3. The van der Waals surface area contributed by atoms with E-state index in [1.165, 1.54) is 11.3 Å². The third-order valence-corrected chi connectivity index (χ3v) is 8.10. The molecule has 0 aliphatic carbocycles. The Morgan fingerprint density at radius 3 is 2.71 bits per heavy atom. The second kappa shape index (κ2) is 6.33. The highest BCUT2D eigenvalue weighted by molar-refractivity contribution is 7.92. The van der Waals surface area contributed by atoms with Crippen molar-refractivity contribution in [3.05, 3.63) is 15.8 Å². The van der Waals surface area contributed by atoms with E-state index in [4.69, 9.17) is 0 Å². The van der Waals surface area contributed by atoms with Gasteiger partial charge in [-0.05, 0) is 30.8 Å². The van der Waals surface area contributed by atoms with Crippen LogP contribution in [0.5, 0.6) is 0 Å². The van der Waals surface area contributed by atoms with Gasteiger partial charge in [0.1, 0.15) is 4.90 Å². The number of hydrogen-bond donors (Lipinski definition) is 2. The minimum atomic E-state index is -3.69. The normalized spacial score (nSPS) is 21.7. The Morgan fingerprint density at radius 1 is 1.43 bits per heavy atom. The molecule has 1 aromatic heterocycles. The van der Waals surface area contributed by atoms with Crippen LogP contribution >= 0.6 is 11.3 Å². The van der Waals surface area contributed by atoms with Crippen LogP contribution in [0.15, 0.2) is 10.3 Å². The second-order valence-electron chi connectivity index (χ2n) is 5.17. The Morgan fingerprint density at radius 2 is 2.14 bits per heavy atom. The first kappa shape index (κ1) is 16.9. The van der Waals surface area contributed by atoms with E-state index in [1.54, 1.807) is 6.92 Å². The molecule has 1 aliphatic rings. The fraction of sp³-hybridized carbons (Fsp3) is 0.667. The Hall–Kier alpha value is -0.480. The van der Waals surface area contributed by atoms with Crippen molar-refractivity contribution in [2.24, 2.45) is 0 Å². The van der Waals surface area contributed by atoms with Crippen LogP contribution < -0.4 is 10.0 Å². The molecule has 1 aromatic rings. The minimum Gasteiger partial charge on any atom is -0.312 e. The van der Waals surface area contributed by atoms with Gasteiger partial charge in [-0.1, -0.05) is 6.92 Å². The van der Waals surface area contributed by atoms with E-state index < -0.39 is 25.9 Å². The van der Waals surface area contributed by atoms with Gasteiger partial charge in [-0.2, -0.15) is 0 Å². The van der Waals surface area contributed by atoms with Crippen LogP contribution in [0.25, 0.3) is 0 Å². The largest absolute Gasteiger partial charge is 0.312 e. The quantitative estimate of drug-likeness (QED) is 0.783. The molecule has 2 heterocycles. The average Bonchev–Trinajstić information content (AvgIpc) is 2.89. The van der Waals surface area contributed by atoms with Crippen LogP contribution in [0.3, 0.4) is 0 Å². The molecular formula is C12H20N2O4S3. The van der Waals surface area contributed by atoms with Crippen molar-refractivity contribution in [2.45, 2.75) is 37.8 Å². The summed E-state index contributed by atoms with van der Waals surface area (Å²) >= 11 is 1.40. The highest BCUT2D eigenvalue weighted by Crippen LogP contribution is 2.27. The Kier molecular flexibility index (Phi) is 5.09. The molecule has 0 saturated carbocycles. The lowest BCUT2D eigenvalue weighted by Crippen LogP contribution is -2.36. The fourth-order valence-electron chi connectivity index (χ4n) is 2.38. The summed E-state index contributed by atoms with van der Waals surface area (Å²) in [6.45, 7) is 4.96. The monoisotopic (exact) mass is 352 g/mol. The molecule has 1 aliphatic heterocycles. The lowest BCUT2D eigenvalue weighted by Gasteiger charge is -2.13. The van der Waals surface area contributed by atoms with Crippen LogP contribution in [0.1, 0.15) is 23.8 Å². The SMILES string of the molecule is CCNCc1scc(C)c1S(=O)(=O)NC1CCS(=O)(=O)C1. The van der Waals surface area contributed by atoms with Crippen molar-refractivity contribution in [3.63, 3.8) is 0 Å². The summed E-state index contributed by atoms with van der Waals surface area (Å²) in [6, 6.07) is -0.522. The van der Waals surface area contributed by atoms with Crippen molar-refractivity contribution in [1.29, 1.82) is 0 Å². The smallest absolute Gasteiger partial charge is 0.242 e. The molecule has 0 spiro atoms. The van der Waals surface area contributed by atoms with Crippen LogP contribution in [-0.4, -0.2) is 40.9 Å². The number of sulfonamides is 1. The average molecular weight is 353 g/mol. The van der Waals surface area contributed by atoms with Crippen molar-refractivity contribution >= 4 is 31.2 Å². The van der Waals surface area contributed by atoms with Crippen molar-refractivity contribution in [3.8, 4) is 0 Å². The van der Waals surface area contributed by atoms with Crippen LogP contribution in [0.4, 0.5) is 0 Å². The molecule has 6 nitrogen and oxygen atoms in total. The summed E-state index contributed by atoms with van der Waals surface area (Å²) < 4.78 is 50.5. The third kappa shape index (κ3) is 4.04. The molecule has 1 atom stereocenters. The van der Waals surface area contributed by atoms with E-state index >= 15 is 0 Å². The van der Waals surface area contributed by atoms with Crippen molar-refractivity contribution in [2.75, 3.05) is 18.1 Å². The third-order valence-electron chi connectivity index (χ3n) is 3.35. The first-order valence-electron chi connectivity index (χ1n) is 6.75. The summed E-state index contributed by atoms with van der Waals surface area (Å²) in [5.41, 5.74) is 0.696. The van der Waals surface area contributed by atoms with Crippen molar-refractivity contribution < 1.29 is 16.8 Å². The van der Waals surface area contributed by atoms with Gasteiger partial charge in [0.15, 0.2) is 9.84 Å². The molecule has 2 rings (SSSR count). The number of nitrogens with one attached hydrogen (secondary N) is 2. The Labute approximate surface area is 129 Å². The first-order chi connectivity index (χ1) is 9.75. The van der Waals surface area contributed by atoms with Crippen molar-refractivity contribution in [1.82, 2.24) is 10.0 Å². The van der Waals surface area contributed by atoms with E-state index in [1.807, 2.05) is 12.3 Å². The maximum absolute atomic E-state index is 12.5. The second-order valence-corrected chi connectivity index (χ2v) is 10.0. The molecule has 2 N–H and O–H groups in total. The zero-order chi connectivity index (χ0) is 15.7. The number of rotatable bonds is 6. The summed E-state index contributed by atoms with van der Waals surface area (Å²) in [4.78, 5) is 1.04. The lowest BCUT2D eigenvalue weighted by molar-refractivity contribution is 0.560. The van der Waals surface area contributed by atoms with E-state index in [2.05, 4.69) is 10.0 Å². The van der Waals surface area contributed by atoms with E-state index in [9.17, 15) is 16.8 Å². The molecule has 0 aromatic carbocycles. The summed E-state index contributed by atoms with van der Waals surface area (Å²) in [6.07, 6.45) is 0.341.